The Balaban J connectivity index is 1.76. The summed E-state index contributed by atoms with van der Waals surface area (Å²) >= 11 is 0. The predicted octanol–water partition coefficient (Wildman–Crippen LogP) is 3.84. The lowest BCUT2D eigenvalue weighted by Gasteiger charge is -2.20. The smallest absolute Gasteiger partial charge is 0.343 e. The molecule has 26 heavy (non-hydrogen) atoms. The van der Waals surface area contributed by atoms with Crippen LogP contribution in [0.15, 0.2) is 60.8 Å². The molecule has 1 aromatic heterocycles. The van der Waals surface area contributed by atoms with Crippen LogP contribution in [0.3, 0.4) is 0 Å². The standard InChI is InChI=1S/C21H19N3O2/c1-2-26-21(25)18-12-22-19(15-8-4-3-5-9-15)23-20(18)24-13-16-10-6-7-11-17(16)14-24/h3-12H,2,13-14H2,1H3. The van der Waals surface area contributed by atoms with Crippen molar-refractivity contribution >= 4 is 11.8 Å². The summed E-state index contributed by atoms with van der Waals surface area (Å²) in [6.45, 7) is 3.54. The second-order valence-corrected chi connectivity index (χ2v) is 6.14. The number of fused-ring (bicyclic) bond motifs is 1. The van der Waals surface area contributed by atoms with Gasteiger partial charge in [0, 0.05) is 24.8 Å². The fraction of sp³-hybridized carbons (Fsp3) is 0.190. The Labute approximate surface area is 152 Å². The van der Waals surface area contributed by atoms with Gasteiger partial charge in [-0.25, -0.2) is 14.8 Å². The van der Waals surface area contributed by atoms with E-state index in [4.69, 9.17) is 9.72 Å². The van der Waals surface area contributed by atoms with Gasteiger partial charge >= 0.3 is 5.97 Å². The highest BCUT2D eigenvalue weighted by molar-refractivity contribution is 5.95. The third-order valence-corrected chi connectivity index (χ3v) is 4.44. The molecule has 0 amide bonds. The van der Waals surface area contributed by atoms with Crippen molar-refractivity contribution in [1.82, 2.24) is 9.97 Å². The van der Waals surface area contributed by atoms with Crippen LogP contribution in [0.25, 0.3) is 11.4 Å². The predicted molar refractivity (Wildman–Crippen MR) is 99.8 cm³/mol. The zero-order chi connectivity index (χ0) is 17.9. The number of esters is 1. The molecule has 0 unspecified atom stereocenters. The molecule has 130 valence electrons. The van der Waals surface area contributed by atoms with Gasteiger partial charge < -0.3 is 9.64 Å². The number of aromatic nitrogens is 2. The second kappa shape index (κ2) is 6.96. The number of carbonyl (C=O) groups excluding carboxylic acids is 1. The first-order valence-corrected chi connectivity index (χ1v) is 8.67. The second-order valence-electron chi connectivity index (χ2n) is 6.14. The van der Waals surface area contributed by atoms with Crippen LogP contribution in [0.1, 0.15) is 28.4 Å². The summed E-state index contributed by atoms with van der Waals surface area (Å²) in [6.07, 6.45) is 1.58. The molecular formula is C21H19N3O2. The Bertz CT molecular complexity index is 916. The maximum Gasteiger partial charge on any atom is 0.343 e. The zero-order valence-corrected chi connectivity index (χ0v) is 14.6. The number of carbonyl (C=O) groups is 1. The van der Waals surface area contributed by atoms with Crippen LogP contribution >= 0.6 is 0 Å². The van der Waals surface area contributed by atoms with Crippen molar-refractivity contribution in [3.05, 3.63) is 77.5 Å². The SMILES string of the molecule is CCOC(=O)c1cnc(-c2ccccc2)nc1N1Cc2ccccc2C1. The number of ether oxygens (including phenoxy) is 1. The van der Waals surface area contributed by atoms with E-state index in [1.165, 1.54) is 11.1 Å². The van der Waals surface area contributed by atoms with Crippen LogP contribution in [0, 0.1) is 0 Å². The molecule has 0 bridgehead atoms. The summed E-state index contributed by atoms with van der Waals surface area (Å²) in [6, 6.07) is 18.1. The number of hydrogen-bond acceptors (Lipinski definition) is 5. The Kier molecular flexibility index (Phi) is 4.35. The van der Waals surface area contributed by atoms with Crippen LogP contribution in [-0.2, 0) is 17.8 Å². The van der Waals surface area contributed by atoms with Crippen molar-refractivity contribution in [1.29, 1.82) is 0 Å². The molecule has 1 aliphatic rings. The summed E-state index contributed by atoms with van der Waals surface area (Å²) in [5, 5.41) is 0. The minimum absolute atomic E-state index is 0.318. The van der Waals surface area contributed by atoms with Crippen molar-refractivity contribution in [2.45, 2.75) is 20.0 Å². The first kappa shape index (κ1) is 16.3. The first-order valence-electron chi connectivity index (χ1n) is 8.67. The van der Waals surface area contributed by atoms with Gasteiger partial charge in [-0.05, 0) is 18.1 Å². The summed E-state index contributed by atoms with van der Waals surface area (Å²) in [7, 11) is 0. The normalized spacial score (nSPS) is 12.7. The monoisotopic (exact) mass is 345 g/mol. The van der Waals surface area contributed by atoms with Crippen LogP contribution < -0.4 is 4.90 Å². The molecule has 3 aromatic rings. The van der Waals surface area contributed by atoms with Gasteiger partial charge in [0.2, 0.25) is 0 Å². The van der Waals surface area contributed by atoms with E-state index in [-0.39, 0.29) is 0 Å². The highest BCUT2D eigenvalue weighted by Crippen LogP contribution is 2.30. The van der Waals surface area contributed by atoms with Crippen LogP contribution in [0.4, 0.5) is 5.82 Å². The fourth-order valence-corrected chi connectivity index (χ4v) is 3.18. The van der Waals surface area contributed by atoms with Gasteiger partial charge in [-0.2, -0.15) is 0 Å². The van der Waals surface area contributed by atoms with Crippen molar-refractivity contribution in [3.8, 4) is 11.4 Å². The van der Waals surface area contributed by atoms with Gasteiger partial charge in [-0.3, -0.25) is 0 Å². The highest BCUT2D eigenvalue weighted by atomic mass is 16.5. The van der Waals surface area contributed by atoms with Crippen molar-refractivity contribution in [2.75, 3.05) is 11.5 Å². The van der Waals surface area contributed by atoms with E-state index in [0.29, 0.717) is 36.9 Å². The average molecular weight is 345 g/mol. The van der Waals surface area contributed by atoms with Crippen LogP contribution in [0.5, 0.6) is 0 Å². The Hall–Kier alpha value is -3.21. The molecule has 2 heterocycles. The lowest BCUT2D eigenvalue weighted by molar-refractivity contribution is 0.0526. The van der Waals surface area contributed by atoms with Crippen molar-refractivity contribution in [3.63, 3.8) is 0 Å². The van der Waals surface area contributed by atoms with E-state index in [1.807, 2.05) is 42.5 Å². The maximum atomic E-state index is 12.4. The van der Waals surface area contributed by atoms with Gasteiger partial charge in [0.15, 0.2) is 5.82 Å². The number of nitrogens with zero attached hydrogens (tertiary/aromatic N) is 3. The van der Waals surface area contributed by atoms with E-state index < -0.39 is 5.97 Å². The molecule has 0 aliphatic carbocycles. The molecule has 5 nitrogen and oxygen atoms in total. The minimum Gasteiger partial charge on any atom is -0.462 e. The summed E-state index contributed by atoms with van der Waals surface area (Å²) in [4.78, 5) is 23.6. The molecular weight excluding hydrogens is 326 g/mol. The third kappa shape index (κ3) is 3.04. The van der Waals surface area contributed by atoms with Gasteiger partial charge in [-0.15, -0.1) is 0 Å². The van der Waals surface area contributed by atoms with Crippen LogP contribution in [0.2, 0.25) is 0 Å². The van der Waals surface area contributed by atoms with Gasteiger partial charge in [0.25, 0.3) is 0 Å². The summed E-state index contributed by atoms with van der Waals surface area (Å²) < 4.78 is 5.21. The molecule has 0 atom stereocenters. The summed E-state index contributed by atoms with van der Waals surface area (Å²) in [5.74, 6) is 0.830. The lowest BCUT2D eigenvalue weighted by atomic mass is 10.1. The van der Waals surface area contributed by atoms with Crippen LogP contribution in [-0.4, -0.2) is 22.5 Å². The maximum absolute atomic E-state index is 12.4. The van der Waals surface area contributed by atoms with E-state index in [1.54, 1.807) is 13.1 Å². The van der Waals surface area contributed by atoms with Gasteiger partial charge in [-0.1, -0.05) is 54.6 Å². The van der Waals surface area contributed by atoms with E-state index >= 15 is 0 Å². The van der Waals surface area contributed by atoms with Crippen molar-refractivity contribution < 1.29 is 9.53 Å². The number of benzene rings is 2. The Morgan fingerprint density at radius 1 is 1.04 bits per heavy atom. The number of hydrogen-bond donors (Lipinski definition) is 0. The number of anilines is 1. The van der Waals surface area contributed by atoms with E-state index in [0.717, 1.165) is 5.56 Å². The largest absolute Gasteiger partial charge is 0.462 e. The topological polar surface area (TPSA) is 55.3 Å². The molecule has 0 radical (unpaired) electrons. The molecule has 0 spiro atoms. The summed E-state index contributed by atoms with van der Waals surface area (Å²) in [5.41, 5.74) is 3.82. The van der Waals surface area contributed by atoms with E-state index in [2.05, 4.69) is 22.0 Å². The molecule has 4 rings (SSSR count). The molecule has 2 aromatic carbocycles. The van der Waals surface area contributed by atoms with Gasteiger partial charge in [0.1, 0.15) is 11.4 Å². The number of rotatable bonds is 4. The molecule has 0 N–H and O–H groups in total. The highest BCUT2D eigenvalue weighted by Gasteiger charge is 2.26. The molecule has 1 aliphatic heterocycles. The average Bonchev–Trinajstić information content (AvgIpc) is 3.12. The quantitative estimate of drug-likeness (QED) is 0.673. The first-order chi connectivity index (χ1) is 12.8. The van der Waals surface area contributed by atoms with E-state index in [9.17, 15) is 4.79 Å². The van der Waals surface area contributed by atoms with Crippen molar-refractivity contribution in [2.24, 2.45) is 0 Å². The molecule has 0 saturated carbocycles. The molecule has 0 saturated heterocycles. The lowest BCUT2D eigenvalue weighted by Crippen LogP contribution is -2.21. The zero-order valence-electron chi connectivity index (χ0n) is 14.6. The van der Waals surface area contributed by atoms with Gasteiger partial charge in [0.05, 0.1) is 6.61 Å². The Morgan fingerprint density at radius 3 is 2.35 bits per heavy atom. The Morgan fingerprint density at radius 2 is 1.69 bits per heavy atom. The molecule has 5 heteroatoms. The third-order valence-electron chi connectivity index (χ3n) is 4.44. The minimum atomic E-state index is -0.391. The molecule has 0 fully saturated rings. The fourth-order valence-electron chi connectivity index (χ4n) is 3.18.